The Labute approximate surface area is 130 Å². The average molecular weight is 308 g/mol. The van der Waals surface area contributed by atoms with E-state index in [1.165, 1.54) is 5.56 Å². The van der Waals surface area contributed by atoms with Gasteiger partial charge in [0.1, 0.15) is 6.17 Å². The highest BCUT2D eigenvalue weighted by Gasteiger charge is 2.48. The molecule has 2 aliphatic rings. The van der Waals surface area contributed by atoms with E-state index in [1.807, 2.05) is 6.92 Å². The highest BCUT2D eigenvalue weighted by Crippen LogP contribution is 2.38. The Balaban J connectivity index is 1.76. The van der Waals surface area contributed by atoms with Gasteiger partial charge in [-0.1, -0.05) is 13.8 Å². The highest BCUT2D eigenvalue weighted by atomic mass is 32.1. The van der Waals surface area contributed by atoms with Gasteiger partial charge in [-0.25, -0.2) is 0 Å². The number of rotatable bonds is 5. The number of carbonyl (C=O) groups excluding carboxylic acids is 1. The molecule has 1 aromatic heterocycles. The summed E-state index contributed by atoms with van der Waals surface area (Å²) in [6.45, 7) is 6.99. The van der Waals surface area contributed by atoms with Crippen LogP contribution in [-0.4, -0.2) is 35.6 Å². The first-order valence-corrected chi connectivity index (χ1v) is 8.78. The number of carbonyl (C=O) groups is 1. The average Bonchev–Trinajstić information content (AvgIpc) is 3.01. The summed E-state index contributed by atoms with van der Waals surface area (Å²) in [6.07, 6.45) is 2.29. The van der Waals surface area contributed by atoms with Crippen molar-refractivity contribution in [1.29, 1.82) is 0 Å². The molecular weight excluding hydrogens is 284 g/mol. The monoisotopic (exact) mass is 308 g/mol. The SMILES string of the molecule is CCOC1CC(N2C(=O)C(C(C)C)NC2c2ccsc2)C1. The zero-order valence-electron chi connectivity index (χ0n) is 12.9. The van der Waals surface area contributed by atoms with Gasteiger partial charge in [-0.2, -0.15) is 11.3 Å². The van der Waals surface area contributed by atoms with Gasteiger partial charge >= 0.3 is 0 Å². The van der Waals surface area contributed by atoms with E-state index in [0.717, 1.165) is 19.4 Å². The van der Waals surface area contributed by atoms with Crippen molar-refractivity contribution in [2.45, 2.75) is 58.0 Å². The smallest absolute Gasteiger partial charge is 0.241 e. The lowest BCUT2D eigenvalue weighted by Crippen LogP contribution is -2.50. The molecule has 2 fully saturated rings. The second-order valence-corrected chi connectivity index (χ2v) is 7.08. The van der Waals surface area contributed by atoms with Crippen molar-refractivity contribution < 1.29 is 9.53 Å². The third kappa shape index (κ3) is 2.74. The van der Waals surface area contributed by atoms with Crippen molar-refractivity contribution in [3.05, 3.63) is 22.4 Å². The molecule has 116 valence electrons. The van der Waals surface area contributed by atoms with Gasteiger partial charge in [0.15, 0.2) is 0 Å². The number of hydrogen-bond acceptors (Lipinski definition) is 4. The van der Waals surface area contributed by atoms with Crippen LogP contribution in [0.1, 0.15) is 45.3 Å². The molecular formula is C16H24N2O2S. The second kappa shape index (κ2) is 6.07. The molecule has 1 aliphatic heterocycles. The minimum absolute atomic E-state index is 0.0312. The van der Waals surface area contributed by atoms with Crippen LogP contribution in [0.5, 0.6) is 0 Å². The zero-order valence-corrected chi connectivity index (χ0v) is 13.7. The molecule has 21 heavy (non-hydrogen) atoms. The molecule has 0 bridgehead atoms. The van der Waals surface area contributed by atoms with E-state index in [2.05, 4.69) is 40.9 Å². The van der Waals surface area contributed by atoms with E-state index in [0.29, 0.717) is 18.1 Å². The zero-order chi connectivity index (χ0) is 15.0. The number of thiophene rings is 1. The van der Waals surface area contributed by atoms with Crippen LogP contribution in [-0.2, 0) is 9.53 Å². The van der Waals surface area contributed by atoms with Crippen LogP contribution in [0.25, 0.3) is 0 Å². The van der Waals surface area contributed by atoms with Crippen molar-refractivity contribution in [1.82, 2.24) is 10.2 Å². The molecule has 1 aromatic rings. The molecule has 3 rings (SSSR count). The van der Waals surface area contributed by atoms with Crippen molar-refractivity contribution in [3.8, 4) is 0 Å². The number of nitrogens with zero attached hydrogens (tertiary/aromatic N) is 1. The van der Waals surface area contributed by atoms with Gasteiger partial charge in [-0.05, 0) is 48.1 Å². The lowest BCUT2D eigenvalue weighted by Gasteiger charge is -2.43. The molecule has 4 nitrogen and oxygen atoms in total. The minimum Gasteiger partial charge on any atom is -0.378 e. The highest BCUT2D eigenvalue weighted by molar-refractivity contribution is 7.07. The summed E-state index contributed by atoms with van der Waals surface area (Å²) in [5, 5.41) is 7.74. The maximum atomic E-state index is 12.8. The Kier molecular flexibility index (Phi) is 4.33. The fourth-order valence-electron chi connectivity index (χ4n) is 3.30. The number of hydrogen-bond donors (Lipinski definition) is 1. The van der Waals surface area contributed by atoms with Crippen molar-refractivity contribution >= 4 is 17.2 Å². The van der Waals surface area contributed by atoms with Crippen LogP contribution in [0.2, 0.25) is 0 Å². The van der Waals surface area contributed by atoms with Gasteiger partial charge in [-0.3, -0.25) is 10.1 Å². The summed E-state index contributed by atoms with van der Waals surface area (Å²) in [7, 11) is 0. The van der Waals surface area contributed by atoms with Crippen LogP contribution in [0.4, 0.5) is 0 Å². The molecule has 1 aliphatic carbocycles. The van der Waals surface area contributed by atoms with Gasteiger partial charge in [0.2, 0.25) is 5.91 Å². The third-order valence-corrected chi connectivity index (χ3v) is 5.23. The molecule has 1 N–H and O–H groups in total. The van der Waals surface area contributed by atoms with Crippen LogP contribution in [0, 0.1) is 5.92 Å². The van der Waals surface area contributed by atoms with Crippen molar-refractivity contribution in [2.24, 2.45) is 5.92 Å². The van der Waals surface area contributed by atoms with E-state index in [4.69, 9.17) is 4.74 Å². The third-order valence-electron chi connectivity index (χ3n) is 4.53. The van der Waals surface area contributed by atoms with Crippen LogP contribution in [0.3, 0.4) is 0 Å². The van der Waals surface area contributed by atoms with E-state index >= 15 is 0 Å². The molecule has 0 spiro atoms. The summed E-state index contributed by atoms with van der Waals surface area (Å²) >= 11 is 1.68. The van der Waals surface area contributed by atoms with Gasteiger partial charge in [0, 0.05) is 12.6 Å². The van der Waals surface area contributed by atoms with Crippen LogP contribution >= 0.6 is 11.3 Å². The van der Waals surface area contributed by atoms with E-state index in [-0.39, 0.29) is 18.1 Å². The summed E-state index contributed by atoms with van der Waals surface area (Å²) in [6, 6.07) is 2.36. The van der Waals surface area contributed by atoms with Crippen molar-refractivity contribution in [2.75, 3.05) is 6.61 Å². The fraction of sp³-hybridized carbons (Fsp3) is 0.688. The van der Waals surface area contributed by atoms with Crippen LogP contribution < -0.4 is 5.32 Å². The summed E-state index contributed by atoms with van der Waals surface area (Å²) in [5.74, 6) is 0.563. The fourth-order valence-corrected chi connectivity index (χ4v) is 3.98. The van der Waals surface area contributed by atoms with E-state index in [9.17, 15) is 4.79 Å². The minimum atomic E-state index is -0.0685. The predicted octanol–water partition coefficient (Wildman–Crippen LogP) is 2.77. The van der Waals surface area contributed by atoms with E-state index in [1.54, 1.807) is 11.3 Å². The summed E-state index contributed by atoms with van der Waals surface area (Å²) in [4.78, 5) is 14.8. The lowest BCUT2D eigenvalue weighted by atomic mass is 9.87. The molecule has 2 atom stereocenters. The quantitative estimate of drug-likeness (QED) is 0.909. The Hall–Kier alpha value is -0.910. The topological polar surface area (TPSA) is 41.6 Å². The van der Waals surface area contributed by atoms with Crippen LogP contribution in [0.15, 0.2) is 16.8 Å². The first-order valence-electron chi connectivity index (χ1n) is 7.83. The molecule has 0 radical (unpaired) electrons. The molecule has 5 heteroatoms. The summed E-state index contributed by atoms with van der Waals surface area (Å²) < 4.78 is 5.65. The molecule has 2 heterocycles. The Morgan fingerprint density at radius 3 is 2.81 bits per heavy atom. The normalized spacial score (nSPS) is 32.8. The van der Waals surface area contributed by atoms with Gasteiger partial charge in [0.05, 0.1) is 12.1 Å². The standard InChI is InChI=1S/C16H24N2O2S/c1-4-20-13-7-12(8-13)18-15(11-5-6-21-9-11)17-14(10(2)3)16(18)19/h5-6,9-10,12-15,17H,4,7-8H2,1-3H3. The van der Waals surface area contributed by atoms with Crippen molar-refractivity contribution in [3.63, 3.8) is 0 Å². The molecule has 2 unspecified atom stereocenters. The number of ether oxygens (including phenoxy) is 1. The maximum Gasteiger partial charge on any atom is 0.241 e. The first-order chi connectivity index (χ1) is 10.1. The first kappa shape index (κ1) is 15.0. The Morgan fingerprint density at radius 2 is 2.24 bits per heavy atom. The van der Waals surface area contributed by atoms with Gasteiger partial charge in [-0.15, -0.1) is 0 Å². The summed E-state index contributed by atoms with van der Waals surface area (Å²) in [5.41, 5.74) is 1.20. The Bertz CT molecular complexity index is 482. The number of nitrogens with one attached hydrogen (secondary N) is 1. The van der Waals surface area contributed by atoms with E-state index < -0.39 is 0 Å². The molecule has 1 amide bonds. The Morgan fingerprint density at radius 1 is 1.48 bits per heavy atom. The number of amides is 1. The predicted molar refractivity (Wildman–Crippen MR) is 84.1 cm³/mol. The molecule has 1 saturated carbocycles. The maximum absolute atomic E-state index is 12.8. The lowest BCUT2D eigenvalue weighted by molar-refractivity contribution is -0.139. The molecule has 1 saturated heterocycles. The molecule has 0 aromatic carbocycles. The van der Waals surface area contributed by atoms with Gasteiger partial charge in [0.25, 0.3) is 0 Å². The second-order valence-electron chi connectivity index (χ2n) is 6.30. The largest absolute Gasteiger partial charge is 0.378 e. The van der Waals surface area contributed by atoms with Gasteiger partial charge < -0.3 is 9.64 Å².